The average Bonchev–Trinajstić information content (AvgIpc) is 3.43. The molecule has 1 fully saturated rings. The van der Waals surface area contributed by atoms with Crippen LogP contribution in [0.15, 0.2) is 30.6 Å². The highest BCUT2D eigenvalue weighted by Gasteiger charge is 2.25. The van der Waals surface area contributed by atoms with Crippen LogP contribution in [-0.4, -0.2) is 19.4 Å². The Morgan fingerprint density at radius 3 is 2.96 bits per heavy atom. The zero-order valence-corrected chi connectivity index (χ0v) is 16.1. The van der Waals surface area contributed by atoms with E-state index in [1.807, 2.05) is 23.7 Å². The first-order valence-corrected chi connectivity index (χ1v) is 10.8. The van der Waals surface area contributed by atoms with Crippen LogP contribution in [0.1, 0.15) is 60.7 Å². The normalized spacial score (nSPS) is 17.8. The largest absolute Gasteiger partial charge is 0.345 e. The maximum atomic E-state index is 5.25. The first-order chi connectivity index (χ1) is 13.4. The molecule has 0 bridgehead atoms. The molecule has 0 radical (unpaired) electrons. The fourth-order valence-corrected chi connectivity index (χ4v) is 5.87. The van der Waals surface area contributed by atoms with E-state index in [4.69, 9.17) is 4.98 Å². The van der Waals surface area contributed by atoms with Gasteiger partial charge < -0.3 is 4.98 Å². The monoisotopic (exact) mass is 374 g/mol. The Morgan fingerprint density at radius 2 is 2.07 bits per heavy atom. The van der Waals surface area contributed by atoms with Crippen LogP contribution in [0.3, 0.4) is 0 Å². The molecule has 1 saturated carbocycles. The van der Waals surface area contributed by atoms with E-state index in [0.717, 1.165) is 35.2 Å². The minimum Gasteiger partial charge on any atom is -0.345 e. The summed E-state index contributed by atoms with van der Waals surface area (Å²) in [5.41, 5.74) is 5.81. The van der Waals surface area contributed by atoms with Crippen LogP contribution in [0.4, 0.5) is 0 Å². The highest BCUT2D eigenvalue weighted by molar-refractivity contribution is 7.16. The number of allylic oxidation sites excluding steroid dienone is 1. The summed E-state index contributed by atoms with van der Waals surface area (Å²) in [4.78, 5) is 15.9. The van der Waals surface area contributed by atoms with Crippen molar-refractivity contribution in [2.75, 3.05) is 0 Å². The highest BCUT2D eigenvalue weighted by atomic mass is 32.1. The van der Waals surface area contributed by atoms with Gasteiger partial charge in [-0.2, -0.15) is 0 Å². The van der Waals surface area contributed by atoms with E-state index < -0.39 is 0 Å². The molecule has 0 saturated heterocycles. The summed E-state index contributed by atoms with van der Waals surface area (Å²) in [6.45, 7) is 0. The fraction of sp³-hybridized carbons (Fsp3) is 0.364. The van der Waals surface area contributed by atoms with Crippen molar-refractivity contribution in [3.63, 3.8) is 0 Å². The third-order valence-electron chi connectivity index (χ3n) is 6.09. The number of thiophene rings is 1. The van der Waals surface area contributed by atoms with E-state index in [9.17, 15) is 0 Å². The molecule has 4 aromatic rings. The van der Waals surface area contributed by atoms with Gasteiger partial charge in [-0.05, 0) is 49.5 Å². The van der Waals surface area contributed by atoms with Crippen LogP contribution >= 0.6 is 11.3 Å². The zero-order chi connectivity index (χ0) is 17.8. The first kappa shape index (κ1) is 15.6. The number of hydrogen-bond donors (Lipinski definition) is 1. The van der Waals surface area contributed by atoms with E-state index in [1.165, 1.54) is 53.2 Å². The van der Waals surface area contributed by atoms with Gasteiger partial charge in [-0.15, -0.1) is 11.3 Å². The molecule has 5 heteroatoms. The number of aromatic nitrogens is 4. The second kappa shape index (κ2) is 6.06. The van der Waals surface area contributed by atoms with Crippen molar-refractivity contribution < 1.29 is 0 Å². The van der Waals surface area contributed by atoms with Crippen molar-refractivity contribution in [3.8, 4) is 10.6 Å². The topological polar surface area (TPSA) is 46.0 Å². The van der Waals surface area contributed by atoms with E-state index >= 15 is 0 Å². The molecule has 2 aliphatic rings. The molecule has 6 rings (SSSR count). The van der Waals surface area contributed by atoms with Crippen molar-refractivity contribution in [2.24, 2.45) is 0 Å². The molecule has 0 unspecified atom stereocenters. The predicted octanol–water partition coefficient (Wildman–Crippen LogP) is 5.95. The van der Waals surface area contributed by atoms with Gasteiger partial charge in [0.15, 0.2) is 5.65 Å². The van der Waals surface area contributed by atoms with Crippen molar-refractivity contribution in [1.82, 2.24) is 19.4 Å². The quantitative estimate of drug-likeness (QED) is 0.471. The Morgan fingerprint density at radius 1 is 1.15 bits per heavy atom. The number of hydrogen-bond acceptors (Lipinski definition) is 3. The summed E-state index contributed by atoms with van der Waals surface area (Å²) in [6, 6.07) is 4.49. The van der Waals surface area contributed by atoms with Crippen molar-refractivity contribution in [1.29, 1.82) is 0 Å². The molecule has 0 aliphatic heterocycles. The number of nitrogens with one attached hydrogen (secondary N) is 1. The van der Waals surface area contributed by atoms with Gasteiger partial charge in [-0.1, -0.05) is 25.3 Å². The molecule has 0 aromatic carbocycles. The molecular formula is C22H22N4S. The maximum Gasteiger partial charge on any atom is 0.154 e. The second-order valence-corrected chi connectivity index (χ2v) is 8.87. The van der Waals surface area contributed by atoms with E-state index in [-0.39, 0.29) is 0 Å². The fourth-order valence-electron chi connectivity index (χ4n) is 4.73. The van der Waals surface area contributed by atoms with Crippen LogP contribution in [0.2, 0.25) is 0 Å². The number of rotatable bonds is 2. The summed E-state index contributed by atoms with van der Waals surface area (Å²) < 4.78 is 2.37. The van der Waals surface area contributed by atoms with Crippen molar-refractivity contribution >= 4 is 34.1 Å². The summed E-state index contributed by atoms with van der Waals surface area (Å²) in [6.07, 6.45) is 17.3. The Kier molecular flexibility index (Phi) is 3.51. The summed E-state index contributed by atoms with van der Waals surface area (Å²) in [5.74, 6) is 1.78. The Labute approximate surface area is 162 Å². The van der Waals surface area contributed by atoms with Gasteiger partial charge in [0.1, 0.15) is 11.5 Å². The van der Waals surface area contributed by atoms with Gasteiger partial charge in [0.2, 0.25) is 0 Å². The standard InChI is InChI=1S/C22H22N4S/c1-2-6-14(7-3-1)22-25-20(19-12-15-8-4-5-9-18(15)27-19)17-13-24-21-16(26(17)22)10-11-23-21/h5,9-14,23H,1-4,6-8H2. The molecule has 136 valence electrons. The minimum absolute atomic E-state index is 0.551. The van der Waals surface area contributed by atoms with Gasteiger partial charge in [-0.25, -0.2) is 9.97 Å². The summed E-state index contributed by atoms with van der Waals surface area (Å²) in [5, 5.41) is 0. The molecule has 4 heterocycles. The minimum atomic E-state index is 0.551. The lowest BCUT2D eigenvalue weighted by atomic mass is 9.89. The van der Waals surface area contributed by atoms with Crippen LogP contribution < -0.4 is 0 Å². The molecule has 0 spiro atoms. The van der Waals surface area contributed by atoms with Gasteiger partial charge in [-0.3, -0.25) is 4.40 Å². The predicted molar refractivity (Wildman–Crippen MR) is 111 cm³/mol. The van der Waals surface area contributed by atoms with Gasteiger partial charge in [0.05, 0.1) is 22.1 Å². The van der Waals surface area contributed by atoms with Gasteiger partial charge in [0.25, 0.3) is 0 Å². The molecule has 2 aliphatic carbocycles. The molecule has 0 atom stereocenters. The zero-order valence-electron chi connectivity index (χ0n) is 15.2. The third-order valence-corrected chi connectivity index (χ3v) is 7.24. The number of aryl methyl sites for hydroxylation is 1. The number of H-pyrrole nitrogens is 1. The number of nitrogens with zero attached hydrogens (tertiary/aromatic N) is 3. The Balaban J connectivity index is 1.61. The van der Waals surface area contributed by atoms with E-state index in [1.54, 1.807) is 0 Å². The highest BCUT2D eigenvalue weighted by Crippen LogP contribution is 2.40. The summed E-state index contributed by atoms with van der Waals surface area (Å²) in [7, 11) is 0. The lowest BCUT2D eigenvalue weighted by Crippen LogP contribution is -2.09. The second-order valence-electron chi connectivity index (χ2n) is 7.79. The van der Waals surface area contributed by atoms with E-state index in [2.05, 4.69) is 38.7 Å². The number of aromatic amines is 1. The third kappa shape index (κ3) is 2.41. The molecular weight excluding hydrogens is 352 g/mol. The van der Waals surface area contributed by atoms with Crippen LogP contribution in [0.25, 0.3) is 33.3 Å². The first-order valence-electron chi connectivity index (χ1n) is 10.0. The number of imidazole rings is 1. The van der Waals surface area contributed by atoms with Crippen molar-refractivity contribution in [3.05, 3.63) is 46.9 Å². The molecule has 27 heavy (non-hydrogen) atoms. The average molecular weight is 375 g/mol. The maximum absolute atomic E-state index is 5.25. The summed E-state index contributed by atoms with van der Waals surface area (Å²) >= 11 is 1.87. The van der Waals surface area contributed by atoms with Gasteiger partial charge >= 0.3 is 0 Å². The van der Waals surface area contributed by atoms with Crippen LogP contribution in [-0.2, 0) is 6.42 Å². The molecule has 1 N–H and O–H groups in total. The van der Waals surface area contributed by atoms with Crippen molar-refractivity contribution in [2.45, 2.75) is 50.9 Å². The number of fused-ring (bicyclic) bond motifs is 4. The SMILES string of the molecule is C1=Cc2sc(-c3nc(C4CCCCC4)n4c3cnc3[nH]ccc34)cc2CC1. The van der Waals surface area contributed by atoms with Crippen LogP contribution in [0.5, 0.6) is 0 Å². The molecule has 4 aromatic heterocycles. The smallest absolute Gasteiger partial charge is 0.154 e. The Hall–Kier alpha value is -2.40. The lowest BCUT2D eigenvalue weighted by molar-refractivity contribution is 0.429. The van der Waals surface area contributed by atoms with Crippen LogP contribution in [0, 0.1) is 0 Å². The Bertz CT molecular complexity index is 1170. The molecule has 4 nitrogen and oxygen atoms in total. The van der Waals surface area contributed by atoms with E-state index in [0.29, 0.717) is 5.92 Å². The lowest BCUT2D eigenvalue weighted by Gasteiger charge is -2.20. The molecule has 0 amide bonds. The van der Waals surface area contributed by atoms with Gasteiger partial charge in [0, 0.05) is 17.0 Å².